The van der Waals surface area contributed by atoms with Gasteiger partial charge >= 0.3 is 0 Å². The van der Waals surface area contributed by atoms with Crippen LogP contribution in [0.1, 0.15) is 34.3 Å². The zero-order valence-electron chi connectivity index (χ0n) is 10.2. The number of aromatic nitrogens is 1. The summed E-state index contributed by atoms with van der Waals surface area (Å²) in [6.07, 6.45) is 2.32. The number of thiophene rings is 1. The van der Waals surface area contributed by atoms with E-state index in [2.05, 4.69) is 28.5 Å². The van der Waals surface area contributed by atoms with Crippen molar-refractivity contribution in [3.05, 3.63) is 50.4 Å². The second kappa shape index (κ2) is 5.00. The van der Waals surface area contributed by atoms with Crippen molar-refractivity contribution in [2.24, 2.45) is 0 Å². The number of hydrogen-bond acceptors (Lipinski definition) is 3. The lowest BCUT2D eigenvalue weighted by atomic mass is 10.1. The van der Waals surface area contributed by atoms with Gasteiger partial charge in [-0.1, -0.05) is 17.7 Å². The SMILES string of the molecule is Cc1cccc(CNC2CCc3sc(Cl)cc32)n1. The standard InChI is InChI=1S/C14H15ClN2S/c1-9-3-2-4-10(17-9)8-16-12-5-6-13-11(12)7-14(15)18-13/h2-4,7,12,16H,5-6,8H2,1H3. The van der Waals surface area contributed by atoms with E-state index < -0.39 is 0 Å². The van der Waals surface area contributed by atoms with Crippen LogP contribution < -0.4 is 5.32 Å². The lowest BCUT2D eigenvalue weighted by Gasteiger charge is -2.12. The number of halogens is 1. The Balaban J connectivity index is 1.68. The fourth-order valence-electron chi connectivity index (χ4n) is 2.47. The van der Waals surface area contributed by atoms with Gasteiger partial charge in [0.15, 0.2) is 0 Å². The van der Waals surface area contributed by atoms with Crippen LogP contribution in [0.2, 0.25) is 4.34 Å². The first-order valence-electron chi connectivity index (χ1n) is 6.16. The van der Waals surface area contributed by atoms with Crippen LogP contribution in [0.15, 0.2) is 24.3 Å². The number of rotatable bonds is 3. The molecule has 2 heterocycles. The predicted octanol–water partition coefficient (Wildman–Crippen LogP) is 3.88. The van der Waals surface area contributed by atoms with Crippen molar-refractivity contribution in [3.8, 4) is 0 Å². The summed E-state index contributed by atoms with van der Waals surface area (Å²) in [6, 6.07) is 8.69. The van der Waals surface area contributed by atoms with Gasteiger partial charge in [0.1, 0.15) is 0 Å². The van der Waals surface area contributed by atoms with Crippen LogP contribution in [0.5, 0.6) is 0 Å². The summed E-state index contributed by atoms with van der Waals surface area (Å²) >= 11 is 7.77. The first-order valence-corrected chi connectivity index (χ1v) is 7.36. The zero-order chi connectivity index (χ0) is 12.5. The number of pyridine rings is 1. The molecule has 18 heavy (non-hydrogen) atoms. The molecule has 0 aromatic carbocycles. The minimum atomic E-state index is 0.436. The van der Waals surface area contributed by atoms with Gasteiger partial charge in [-0.2, -0.15) is 0 Å². The van der Waals surface area contributed by atoms with E-state index in [0.29, 0.717) is 6.04 Å². The molecule has 1 atom stereocenters. The van der Waals surface area contributed by atoms with Crippen LogP contribution in [-0.4, -0.2) is 4.98 Å². The Morgan fingerprint density at radius 1 is 1.50 bits per heavy atom. The minimum Gasteiger partial charge on any atom is -0.304 e. The molecule has 0 bridgehead atoms. The molecule has 2 aromatic rings. The molecular formula is C14H15ClN2S. The third-order valence-electron chi connectivity index (χ3n) is 3.32. The van der Waals surface area contributed by atoms with Crippen LogP contribution in [0, 0.1) is 6.92 Å². The average Bonchev–Trinajstić information content (AvgIpc) is 2.86. The van der Waals surface area contributed by atoms with Gasteiger partial charge in [-0.25, -0.2) is 0 Å². The van der Waals surface area contributed by atoms with Crippen molar-refractivity contribution in [2.45, 2.75) is 32.4 Å². The molecule has 2 nitrogen and oxygen atoms in total. The van der Waals surface area contributed by atoms with E-state index in [1.807, 2.05) is 13.0 Å². The summed E-state index contributed by atoms with van der Waals surface area (Å²) in [5.74, 6) is 0. The van der Waals surface area contributed by atoms with E-state index in [1.54, 1.807) is 11.3 Å². The predicted molar refractivity (Wildman–Crippen MR) is 76.2 cm³/mol. The molecule has 0 saturated carbocycles. The normalized spacial score (nSPS) is 18.0. The first kappa shape index (κ1) is 12.2. The Kier molecular flexibility index (Phi) is 3.37. The van der Waals surface area contributed by atoms with Crippen LogP contribution in [0.4, 0.5) is 0 Å². The largest absolute Gasteiger partial charge is 0.304 e. The Morgan fingerprint density at radius 2 is 2.39 bits per heavy atom. The van der Waals surface area contributed by atoms with Crippen LogP contribution >= 0.6 is 22.9 Å². The molecular weight excluding hydrogens is 264 g/mol. The molecule has 3 rings (SSSR count). The van der Waals surface area contributed by atoms with Gasteiger partial charge < -0.3 is 5.32 Å². The molecule has 1 aliphatic rings. The quantitative estimate of drug-likeness (QED) is 0.922. The Bertz CT molecular complexity index is 565. The highest BCUT2D eigenvalue weighted by Gasteiger charge is 2.24. The second-order valence-corrected chi connectivity index (χ2v) is 6.44. The highest BCUT2D eigenvalue weighted by Crippen LogP contribution is 2.39. The van der Waals surface area contributed by atoms with Crippen LogP contribution in [-0.2, 0) is 13.0 Å². The summed E-state index contributed by atoms with van der Waals surface area (Å²) < 4.78 is 0.903. The molecule has 0 saturated heterocycles. The molecule has 2 aromatic heterocycles. The smallest absolute Gasteiger partial charge is 0.0934 e. The molecule has 1 aliphatic carbocycles. The van der Waals surface area contributed by atoms with E-state index in [9.17, 15) is 0 Å². The van der Waals surface area contributed by atoms with E-state index >= 15 is 0 Å². The molecule has 1 unspecified atom stereocenters. The van der Waals surface area contributed by atoms with Gasteiger partial charge in [0, 0.05) is 23.2 Å². The van der Waals surface area contributed by atoms with Crippen molar-refractivity contribution >= 4 is 22.9 Å². The summed E-state index contributed by atoms with van der Waals surface area (Å²) in [7, 11) is 0. The third-order valence-corrected chi connectivity index (χ3v) is 4.66. The number of nitrogens with zero attached hydrogens (tertiary/aromatic N) is 1. The number of nitrogens with one attached hydrogen (secondary N) is 1. The molecule has 0 amide bonds. The molecule has 1 N–H and O–H groups in total. The minimum absolute atomic E-state index is 0.436. The molecule has 0 spiro atoms. The van der Waals surface area contributed by atoms with Gasteiger partial charge in [-0.05, 0) is 43.5 Å². The summed E-state index contributed by atoms with van der Waals surface area (Å²) in [6.45, 7) is 2.84. The summed E-state index contributed by atoms with van der Waals surface area (Å²) in [5.41, 5.74) is 3.56. The van der Waals surface area contributed by atoms with Gasteiger partial charge in [0.2, 0.25) is 0 Å². The Hall–Kier alpha value is -0.900. The summed E-state index contributed by atoms with van der Waals surface area (Å²) in [5, 5.41) is 3.58. The van der Waals surface area contributed by atoms with Crippen molar-refractivity contribution in [2.75, 3.05) is 0 Å². The maximum absolute atomic E-state index is 6.06. The summed E-state index contributed by atoms with van der Waals surface area (Å²) in [4.78, 5) is 5.95. The van der Waals surface area contributed by atoms with Gasteiger partial charge in [-0.3, -0.25) is 4.98 Å². The molecule has 0 fully saturated rings. The van der Waals surface area contributed by atoms with Crippen molar-refractivity contribution in [3.63, 3.8) is 0 Å². The first-order chi connectivity index (χ1) is 8.72. The van der Waals surface area contributed by atoms with Crippen LogP contribution in [0.3, 0.4) is 0 Å². The number of aryl methyl sites for hydroxylation is 2. The number of fused-ring (bicyclic) bond motifs is 1. The number of hydrogen-bond donors (Lipinski definition) is 1. The molecule has 4 heteroatoms. The highest BCUT2D eigenvalue weighted by molar-refractivity contribution is 7.16. The third kappa shape index (κ3) is 2.44. The van der Waals surface area contributed by atoms with Crippen LogP contribution in [0.25, 0.3) is 0 Å². The highest BCUT2D eigenvalue weighted by atomic mass is 35.5. The maximum Gasteiger partial charge on any atom is 0.0934 e. The monoisotopic (exact) mass is 278 g/mol. The molecule has 0 aliphatic heterocycles. The van der Waals surface area contributed by atoms with E-state index in [0.717, 1.165) is 28.7 Å². The van der Waals surface area contributed by atoms with E-state index in [-0.39, 0.29) is 0 Å². The van der Waals surface area contributed by atoms with Crippen molar-refractivity contribution in [1.29, 1.82) is 0 Å². The topological polar surface area (TPSA) is 24.9 Å². The average molecular weight is 279 g/mol. The lowest BCUT2D eigenvalue weighted by Crippen LogP contribution is -2.19. The Morgan fingerprint density at radius 3 is 3.22 bits per heavy atom. The van der Waals surface area contributed by atoms with Gasteiger partial charge in [0.25, 0.3) is 0 Å². The molecule has 0 radical (unpaired) electrons. The zero-order valence-corrected chi connectivity index (χ0v) is 11.8. The van der Waals surface area contributed by atoms with E-state index in [1.165, 1.54) is 16.9 Å². The fourth-order valence-corrected chi connectivity index (χ4v) is 3.82. The lowest BCUT2D eigenvalue weighted by molar-refractivity contribution is 0.525. The van der Waals surface area contributed by atoms with Gasteiger partial charge in [0.05, 0.1) is 10.0 Å². The van der Waals surface area contributed by atoms with E-state index in [4.69, 9.17) is 11.6 Å². The van der Waals surface area contributed by atoms with Crippen molar-refractivity contribution in [1.82, 2.24) is 10.3 Å². The molecule has 94 valence electrons. The fraction of sp³-hybridized carbons (Fsp3) is 0.357. The maximum atomic E-state index is 6.06. The van der Waals surface area contributed by atoms with Crippen molar-refractivity contribution < 1.29 is 0 Å². The second-order valence-electron chi connectivity index (χ2n) is 4.67. The Labute approximate surface area is 116 Å². The van der Waals surface area contributed by atoms with Gasteiger partial charge in [-0.15, -0.1) is 11.3 Å².